The molecule has 0 aliphatic carbocycles. The molecule has 0 radical (unpaired) electrons. The van der Waals surface area contributed by atoms with E-state index in [-0.39, 0.29) is 5.75 Å². The number of hydrogen-bond donors (Lipinski definition) is 0. The predicted octanol–water partition coefficient (Wildman–Crippen LogP) is 2.98. The summed E-state index contributed by atoms with van der Waals surface area (Å²) < 4.78 is 31.9. The van der Waals surface area contributed by atoms with E-state index < -0.39 is 22.2 Å². The zero-order valence-corrected chi connectivity index (χ0v) is 11.6. The molecule has 5 nitrogen and oxygen atoms in total. The van der Waals surface area contributed by atoms with Crippen LogP contribution in [-0.2, 0) is 0 Å². The van der Waals surface area contributed by atoms with Crippen LogP contribution in [0.3, 0.4) is 0 Å². The maximum Gasteiger partial charge on any atom is 0.340 e. The van der Waals surface area contributed by atoms with Gasteiger partial charge in [-0.3, -0.25) is 10.1 Å². The van der Waals surface area contributed by atoms with Crippen LogP contribution >= 0.6 is 0 Å². The van der Waals surface area contributed by atoms with Crippen molar-refractivity contribution in [1.82, 2.24) is 4.90 Å². The summed E-state index contributed by atoms with van der Waals surface area (Å²) in [4.78, 5) is 11.5. The second-order valence-electron chi connectivity index (χ2n) is 4.22. The van der Waals surface area contributed by atoms with E-state index in [9.17, 15) is 18.9 Å². The predicted molar refractivity (Wildman–Crippen MR) is 70.9 cm³/mol. The molecule has 20 heavy (non-hydrogen) atoms. The first-order chi connectivity index (χ1) is 9.49. The Balaban J connectivity index is 2.55. The van der Waals surface area contributed by atoms with Gasteiger partial charge >= 0.3 is 5.69 Å². The van der Waals surface area contributed by atoms with E-state index >= 15 is 0 Å². The van der Waals surface area contributed by atoms with Crippen LogP contribution in [0.4, 0.5) is 14.5 Å². The van der Waals surface area contributed by atoms with Gasteiger partial charge in [0.25, 0.3) is 0 Å². The molecule has 0 saturated heterocycles. The number of nitro groups is 1. The molecule has 7 heteroatoms. The quantitative estimate of drug-likeness (QED) is 0.419. The second kappa shape index (κ2) is 7.74. The highest BCUT2D eigenvalue weighted by Gasteiger charge is 2.22. The zero-order valence-electron chi connectivity index (χ0n) is 11.6. The third kappa shape index (κ3) is 4.41. The van der Waals surface area contributed by atoms with Crippen LogP contribution in [0, 0.1) is 21.7 Å². The van der Waals surface area contributed by atoms with Gasteiger partial charge in [-0.25, -0.2) is 0 Å². The summed E-state index contributed by atoms with van der Waals surface area (Å²) in [5.41, 5.74) is -1.15. The summed E-state index contributed by atoms with van der Waals surface area (Å²) in [5.74, 6) is -2.49. The molecule has 1 aromatic carbocycles. The standard InChI is InChI=1S/C13H18F2N2O3/c1-3-16(4-2)6-5-7-20-10-8-11(14)13(17(18)19)12(15)9-10/h8-9H,3-7H2,1-2H3. The molecule has 0 aromatic heterocycles. The van der Waals surface area contributed by atoms with Crippen LogP contribution in [0.5, 0.6) is 5.75 Å². The lowest BCUT2D eigenvalue weighted by molar-refractivity contribution is -0.390. The number of nitrogens with zero attached hydrogens (tertiary/aromatic N) is 2. The van der Waals surface area contributed by atoms with Crippen molar-refractivity contribution in [2.24, 2.45) is 0 Å². The van der Waals surface area contributed by atoms with Crippen LogP contribution < -0.4 is 4.74 Å². The van der Waals surface area contributed by atoms with Gasteiger partial charge in [0, 0.05) is 18.7 Å². The third-order valence-electron chi connectivity index (χ3n) is 2.95. The van der Waals surface area contributed by atoms with Crippen molar-refractivity contribution in [3.05, 3.63) is 33.9 Å². The average molecular weight is 288 g/mol. The Morgan fingerprint density at radius 2 is 1.80 bits per heavy atom. The molecule has 0 aliphatic heterocycles. The number of hydrogen-bond acceptors (Lipinski definition) is 4. The highest BCUT2D eigenvalue weighted by Crippen LogP contribution is 2.26. The van der Waals surface area contributed by atoms with Crippen LogP contribution in [0.25, 0.3) is 0 Å². The summed E-state index contributed by atoms with van der Waals surface area (Å²) in [6.07, 6.45) is 0.710. The van der Waals surface area contributed by atoms with Crippen molar-refractivity contribution in [2.45, 2.75) is 20.3 Å². The molecular weight excluding hydrogens is 270 g/mol. The molecule has 0 fully saturated rings. The average Bonchev–Trinajstić information content (AvgIpc) is 2.37. The fourth-order valence-corrected chi connectivity index (χ4v) is 1.82. The van der Waals surface area contributed by atoms with Gasteiger partial charge in [-0.1, -0.05) is 13.8 Å². The molecule has 0 unspecified atom stereocenters. The van der Waals surface area contributed by atoms with Gasteiger partial charge in [0.15, 0.2) is 0 Å². The Labute approximate surface area is 116 Å². The lowest BCUT2D eigenvalue weighted by Gasteiger charge is -2.17. The van der Waals surface area contributed by atoms with Gasteiger partial charge in [0.1, 0.15) is 5.75 Å². The fourth-order valence-electron chi connectivity index (χ4n) is 1.82. The Morgan fingerprint density at radius 3 is 2.25 bits per heavy atom. The largest absolute Gasteiger partial charge is 0.493 e. The van der Waals surface area contributed by atoms with E-state index in [0.717, 1.165) is 31.8 Å². The minimum absolute atomic E-state index is 0.0369. The first-order valence-corrected chi connectivity index (χ1v) is 6.48. The van der Waals surface area contributed by atoms with Crippen LogP contribution in [0.1, 0.15) is 20.3 Å². The van der Waals surface area contributed by atoms with Gasteiger partial charge in [0.2, 0.25) is 11.6 Å². The van der Waals surface area contributed by atoms with E-state index in [1.54, 1.807) is 0 Å². The Morgan fingerprint density at radius 1 is 1.25 bits per heavy atom. The summed E-state index contributed by atoms with van der Waals surface area (Å²) in [7, 11) is 0. The highest BCUT2D eigenvalue weighted by molar-refractivity contribution is 5.39. The minimum Gasteiger partial charge on any atom is -0.493 e. The normalized spacial score (nSPS) is 10.8. The van der Waals surface area contributed by atoms with Crippen molar-refractivity contribution in [1.29, 1.82) is 0 Å². The lowest BCUT2D eigenvalue weighted by atomic mass is 10.2. The van der Waals surface area contributed by atoms with Crippen molar-refractivity contribution < 1.29 is 18.4 Å². The third-order valence-corrected chi connectivity index (χ3v) is 2.95. The number of halogens is 2. The van der Waals surface area contributed by atoms with E-state index in [1.807, 2.05) is 13.8 Å². The van der Waals surface area contributed by atoms with Gasteiger partial charge < -0.3 is 9.64 Å². The lowest BCUT2D eigenvalue weighted by Crippen LogP contribution is -2.25. The van der Waals surface area contributed by atoms with Gasteiger partial charge in [-0.2, -0.15) is 8.78 Å². The van der Waals surface area contributed by atoms with Crippen LogP contribution in [0.2, 0.25) is 0 Å². The summed E-state index contributed by atoms with van der Waals surface area (Å²) in [6, 6.07) is 1.66. The molecule has 0 N–H and O–H groups in total. The summed E-state index contributed by atoms with van der Waals surface area (Å²) >= 11 is 0. The molecule has 1 aromatic rings. The summed E-state index contributed by atoms with van der Waals surface area (Å²) in [6.45, 7) is 7.07. The second-order valence-corrected chi connectivity index (χ2v) is 4.22. The maximum absolute atomic E-state index is 13.3. The topological polar surface area (TPSA) is 55.6 Å². The van der Waals surface area contributed by atoms with Gasteiger partial charge in [-0.05, 0) is 19.5 Å². The van der Waals surface area contributed by atoms with Crippen molar-refractivity contribution in [2.75, 3.05) is 26.2 Å². The minimum atomic E-state index is -1.23. The van der Waals surface area contributed by atoms with Crippen molar-refractivity contribution in [3.63, 3.8) is 0 Å². The Bertz CT molecular complexity index is 442. The smallest absolute Gasteiger partial charge is 0.340 e. The SMILES string of the molecule is CCN(CC)CCCOc1cc(F)c([N+](=O)[O-])c(F)c1. The van der Waals surface area contributed by atoms with Gasteiger partial charge in [0.05, 0.1) is 11.5 Å². The van der Waals surface area contributed by atoms with Crippen molar-refractivity contribution in [3.8, 4) is 5.75 Å². The van der Waals surface area contributed by atoms with Crippen LogP contribution in [-0.4, -0.2) is 36.1 Å². The molecule has 0 heterocycles. The zero-order chi connectivity index (χ0) is 15.1. The molecule has 0 saturated carbocycles. The first-order valence-electron chi connectivity index (χ1n) is 6.48. The van der Waals surface area contributed by atoms with Crippen molar-refractivity contribution >= 4 is 5.69 Å². The van der Waals surface area contributed by atoms with Gasteiger partial charge in [-0.15, -0.1) is 0 Å². The first kappa shape index (κ1) is 16.3. The molecular formula is C13H18F2N2O3. The van der Waals surface area contributed by atoms with E-state index in [2.05, 4.69) is 4.90 Å². The maximum atomic E-state index is 13.3. The summed E-state index contributed by atoms with van der Waals surface area (Å²) in [5, 5.41) is 10.4. The number of ether oxygens (including phenoxy) is 1. The number of nitro benzene ring substituents is 1. The van der Waals surface area contributed by atoms with E-state index in [0.29, 0.717) is 13.0 Å². The molecule has 0 amide bonds. The fraction of sp³-hybridized carbons (Fsp3) is 0.538. The van der Waals surface area contributed by atoms with E-state index in [1.165, 1.54) is 0 Å². The molecule has 112 valence electrons. The molecule has 0 atom stereocenters. The monoisotopic (exact) mass is 288 g/mol. The Hall–Kier alpha value is -1.76. The Kier molecular flexibility index (Phi) is 6.30. The van der Waals surface area contributed by atoms with E-state index in [4.69, 9.17) is 4.74 Å². The highest BCUT2D eigenvalue weighted by atomic mass is 19.1. The molecule has 1 rings (SSSR count). The van der Waals surface area contributed by atoms with Crippen LogP contribution in [0.15, 0.2) is 12.1 Å². The number of benzene rings is 1. The molecule has 0 spiro atoms. The molecule has 0 aliphatic rings. The molecule has 0 bridgehead atoms. The number of rotatable bonds is 8.